The van der Waals surface area contributed by atoms with Crippen LogP contribution >= 0.6 is 0 Å². The van der Waals surface area contributed by atoms with E-state index in [9.17, 15) is 9.59 Å². The number of amides is 2. The zero-order chi connectivity index (χ0) is 28.4. The minimum absolute atomic E-state index is 0.00831. The molecule has 1 heterocycles. The van der Waals surface area contributed by atoms with Crippen molar-refractivity contribution in [3.8, 4) is 5.75 Å². The lowest BCUT2D eigenvalue weighted by molar-refractivity contribution is -0.142. The molecule has 0 radical (unpaired) electrons. The van der Waals surface area contributed by atoms with Gasteiger partial charge in [0.25, 0.3) is 0 Å². The van der Waals surface area contributed by atoms with Crippen LogP contribution in [0.15, 0.2) is 54.7 Å². The Kier molecular flexibility index (Phi) is 11.0. The number of hydrogen-bond acceptors (Lipinski definition) is 4. The molecule has 0 bridgehead atoms. The summed E-state index contributed by atoms with van der Waals surface area (Å²) >= 11 is 0. The number of methoxy groups -OCH3 is 2. The van der Waals surface area contributed by atoms with Crippen molar-refractivity contribution in [3.05, 3.63) is 65.9 Å². The van der Waals surface area contributed by atoms with Crippen LogP contribution in [0, 0.1) is 11.3 Å². The van der Waals surface area contributed by atoms with E-state index in [1.165, 1.54) is 0 Å². The number of rotatable bonds is 14. The Morgan fingerprint density at radius 3 is 2.36 bits per heavy atom. The Labute approximate surface area is 233 Å². The summed E-state index contributed by atoms with van der Waals surface area (Å²) in [6.45, 7) is 10.4. The van der Waals surface area contributed by atoms with Gasteiger partial charge in [-0.3, -0.25) is 9.59 Å². The minimum Gasteiger partial charge on any atom is -0.496 e. The number of carbonyl (C=O) groups excluding carboxylic acids is 2. The summed E-state index contributed by atoms with van der Waals surface area (Å²) in [4.78, 5) is 34.0. The fourth-order valence-electron chi connectivity index (χ4n) is 5.23. The quantitative estimate of drug-likeness (QED) is 0.288. The molecule has 212 valence electrons. The van der Waals surface area contributed by atoms with Crippen LogP contribution in [-0.4, -0.2) is 67.1 Å². The molecule has 7 nitrogen and oxygen atoms in total. The van der Waals surface area contributed by atoms with Crippen molar-refractivity contribution >= 4 is 22.7 Å². The van der Waals surface area contributed by atoms with Crippen molar-refractivity contribution in [3.63, 3.8) is 0 Å². The molecule has 1 aromatic heterocycles. The van der Waals surface area contributed by atoms with Gasteiger partial charge in [0.05, 0.1) is 20.3 Å². The molecule has 0 aliphatic carbocycles. The molecule has 1 atom stereocenters. The highest BCUT2D eigenvalue weighted by atomic mass is 16.5. The van der Waals surface area contributed by atoms with E-state index in [1.807, 2.05) is 47.5 Å². The van der Waals surface area contributed by atoms with Crippen LogP contribution < -0.4 is 4.74 Å². The first-order chi connectivity index (χ1) is 18.6. The second-order valence-corrected chi connectivity index (χ2v) is 11.6. The molecule has 2 aromatic carbocycles. The zero-order valence-electron chi connectivity index (χ0n) is 24.5. The minimum atomic E-state index is -0.0892. The lowest BCUT2D eigenvalue weighted by Gasteiger charge is -2.29. The molecule has 0 saturated carbocycles. The fraction of sp³-hybridized carbons (Fsp3) is 0.500. The second-order valence-electron chi connectivity index (χ2n) is 11.6. The number of nitrogens with zero attached hydrogens (tertiary/aromatic N) is 2. The number of aromatic nitrogens is 1. The topological polar surface area (TPSA) is 74.9 Å². The average molecular weight is 536 g/mol. The molecule has 39 heavy (non-hydrogen) atoms. The Balaban J connectivity index is 1.79. The highest BCUT2D eigenvalue weighted by Crippen LogP contribution is 2.26. The van der Waals surface area contributed by atoms with Gasteiger partial charge in [0, 0.05) is 55.8 Å². The van der Waals surface area contributed by atoms with E-state index in [-0.39, 0.29) is 29.7 Å². The van der Waals surface area contributed by atoms with E-state index >= 15 is 0 Å². The van der Waals surface area contributed by atoms with E-state index in [0.29, 0.717) is 39.1 Å². The van der Waals surface area contributed by atoms with Gasteiger partial charge in [-0.1, -0.05) is 64.1 Å². The van der Waals surface area contributed by atoms with E-state index < -0.39 is 0 Å². The molecule has 0 saturated heterocycles. The number of benzene rings is 2. The van der Waals surface area contributed by atoms with Crippen LogP contribution in [-0.2, 0) is 27.3 Å². The Bertz CT molecular complexity index is 1210. The zero-order valence-corrected chi connectivity index (χ0v) is 24.5. The summed E-state index contributed by atoms with van der Waals surface area (Å²) in [5.41, 5.74) is 3.31. The normalized spacial score (nSPS) is 12.4. The molecule has 1 N–H and O–H groups in total. The van der Waals surface area contributed by atoms with Gasteiger partial charge >= 0.3 is 0 Å². The molecule has 0 aliphatic rings. The van der Waals surface area contributed by atoms with Gasteiger partial charge in [0.2, 0.25) is 11.8 Å². The van der Waals surface area contributed by atoms with Crippen molar-refractivity contribution in [2.75, 3.05) is 40.5 Å². The number of hydrogen-bond donors (Lipinski definition) is 1. The highest BCUT2D eigenvalue weighted by molar-refractivity contribution is 5.85. The third-order valence-electron chi connectivity index (χ3n) is 6.96. The lowest BCUT2D eigenvalue weighted by Crippen LogP contribution is -2.45. The lowest BCUT2D eigenvalue weighted by atomic mass is 9.84. The van der Waals surface area contributed by atoms with E-state index in [0.717, 1.165) is 34.2 Å². The summed E-state index contributed by atoms with van der Waals surface area (Å²) in [5.74, 6) is 0.870. The number of ether oxygens (including phenoxy) is 2. The number of nitrogens with one attached hydrogen (secondary N) is 1. The van der Waals surface area contributed by atoms with Crippen LogP contribution in [0.25, 0.3) is 10.9 Å². The van der Waals surface area contributed by atoms with Crippen LogP contribution in [0.1, 0.15) is 51.7 Å². The SMILES string of the molecule is COCCN(CC(=O)N(CCc1c[nH]c2ccccc12)Cc1ccccc1OC)C(=O)CC(C)CC(C)(C)C. The third kappa shape index (κ3) is 9.13. The molecule has 1 unspecified atom stereocenters. The summed E-state index contributed by atoms with van der Waals surface area (Å²) in [6.07, 6.45) is 4.06. The summed E-state index contributed by atoms with van der Waals surface area (Å²) < 4.78 is 10.8. The van der Waals surface area contributed by atoms with E-state index in [1.54, 1.807) is 19.1 Å². The van der Waals surface area contributed by atoms with Gasteiger partial charge in [-0.15, -0.1) is 0 Å². The number of carbonyl (C=O) groups is 2. The largest absolute Gasteiger partial charge is 0.496 e. The maximum Gasteiger partial charge on any atom is 0.242 e. The average Bonchev–Trinajstić information content (AvgIpc) is 3.30. The molecule has 7 heteroatoms. The predicted molar refractivity (Wildman–Crippen MR) is 157 cm³/mol. The molecule has 2 amide bonds. The smallest absolute Gasteiger partial charge is 0.242 e. The molecule has 0 aliphatic heterocycles. The first-order valence-electron chi connectivity index (χ1n) is 13.8. The molecule has 0 fully saturated rings. The van der Waals surface area contributed by atoms with Gasteiger partial charge in [-0.05, 0) is 41.9 Å². The monoisotopic (exact) mass is 535 g/mol. The van der Waals surface area contributed by atoms with Gasteiger partial charge < -0.3 is 24.3 Å². The first kappa shape index (κ1) is 30.2. The second kappa shape index (κ2) is 14.2. The van der Waals surface area contributed by atoms with Crippen LogP contribution in [0.3, 0.4) is 0 Å². The third-order valence-corrected chi connectivity index (χ3v) is 6.96. The molecule has 0 spiro atoms. The van der Waals surface area contributed by atoms with Crippen molar-refractivity contribution < 1.29 is 19.1 Å². The van der Waals surface area contributed by atoms with Crippen LogP contribution in [0.4, 0.5) is 0 Å². The number of fused-ring (bicyclic) bond motifs is 1. The number of aromatic amines is 1. The molecule has 3 rings (SSSR count). The molecule has 3 aromatic rings. The summed E-state index contributed by atoms with van der Waals surface area (Å²) in [6, 6.07) is 15.9. The maximum atomic E-state index is 13.8. The van der Waals surface area contributed by atoms with Gasteiger partial charge in [-0.25, -0.2) is 0 Å². The maximum absolute atomic E-state index is 13.8. The van der Waals surface area contributed by atoms with E-state index in [2.05, 4.69) is 44.8 Å². The van der Waals surface area contributed by atoms with Crippen molar-refractivity contribution in [2.24, 2.45) is 11.3 Å². The Morgan fingerprint density at radius 2 is 1.64 bits per heavy atom. The van der Waals surface area contributed by atoms with Gasteiger partial charge in [0.1, 0.15) is 5.75 Å². The van der Waals surface area contributed by atoms with Crippen LogP contribution in [0.5, 0.6) is 5.75 Å². The molecular weight excluding hydrogens is 490 g/mol. The number of H-pyrrole nitrogens is 1. The number of para-hydroxylation sites is 2. The van der Waals surface area contributed by atoms with Crippen molar-refractivity contribution in [1.29, 1.82) is 0 Å². The van der Waals surface area contributed by atoms with Gasteiger partial charge in [-0.2, -0.15) is 0 Å². The first-order valence-corrected chi connectivity index (χ1v) is 13.8. The summed E-state index contributed by atoms with van der Waals surface area (Å²) in [5, 5.41) is 1.16. The predicted octanol–water partition coefficient (Wildman–Crippen LogP) is 5.69. The Hall–Kier alpha value is -3.32. The van der Waals surface area contributed by atoms with E-state index in [4.69, 9.17) is 9.47 Å². The van der Waals surface area contributed by atoms with Crippen molar-refractivity contribution in [2.45, 2.75) is 53.5 Å². The van der Waals surface area contributed by atoms with Crippen LogP contribution in [0.2, 0.25) is 0 Å². The standard InChI is InChI=1S/C32H45N3O4/c1-24(20-32(2,3)4)19-30(36)35(17-18-38-5)23-31(37)34(22-26-11-7-10-14-29(26)39-6)16-15-25-21-33-28-13-9-8-12-27(25)28/h7-14,21,24,33H,15-20,22-23H2,1-6H3. The Morgan fingerprint density at radius 1 is 0.923 bits per heavy atom. The highest BCUT2D eigenvalue weighted by Gasteiger charge is 2.25. The van der Waals surface area contributed by atoms with Crippen molar-refractivity contribution in [1.82, 2.24) is 14.8 Å². The summed E-state index contributed by atoms with van der Waals surface area (Å²) in [7, 11) is 3.25. The van der Waals surface area contributed by atoms with Gasteiger partial charge in [0.15, 0.2) is 0 Å². The molecular formula is C32H45N3O4. The fourth-order valence-corrected chi connectivity index (χ4v) is 5.23.